The number of anilines is 2. The van der Waals surface area contributed by atoms with Gasteiger partial charge in [-0.2, -0.15) is 0 Å². The Hall–Kier alpha value is -3.33. The number of piperazine rings is 1. The second-order valence-corrected chi connectivity index (χ2v) is 10.6. The normalized spacial score (nSPS) is 15.3. The number of pyridine rings is 1. The molecule has 0 saturated carbocycles. The number of ether oxygens (including phenoxy) is 1. The van der Waals surface area contributed by atoms with Crippen LogP contribution in [0, 0.1) is 5.41 Å². The van der Waals surface area contributed by atoms with Crippen LogP contribution in [0.1, 0.15) is 43.8 Å². The average Bonchev–Trinajstić information content (AvgIpc) is 3.33. The molecule has 0 amide bonds. The summed E-state index contributed by atoms with van der Waals surface area (Å²) in [5.41, 5.74) is 10.9. The minimum atomic E-state index is -0.435. The maximum absolute atomic E-state index is 8.87. The van der Waals surface area contributed by atoms with Crippen molar-refractivity contribution in [1.82, 2.24) is 19.9 Å². The molecular weight excluding hydrogens is 521 g/mol. The minimum absolute atomic E-state index is 0.184. The molecule has 8 nitrogen and oxygen atoms in total. The maximum Gasteiger partial charge on any atom is 0.157 e. The van der Waals surface area contributed by atoms with E-state index in [-0.39, 0.29) is 5.71 Å². The fraction of sp³-hybridized carbons (Fsp3) is 0.321. The fourth-order valence-corrected chi connectivity index (χ4v) is 5.51. The topological polar surface area (TPSA) is 107 Å². The van der Waals surface area contributed by atoms with E-state index < -0.39 is 6.10 Å². The standard InChI is InChI=1S/C28H31Cl2N7O/c1-16(2)36-8-10-37(11-9-36)18-4-7-24-25(12-18)35-28(34-24)27(32)20-13-19(5-6-23(20)31)38-17(3)26-21(29)14-33-15-22(26)30/h4-7,12-17,32H,8-11,31H2,1-3H3,(H,34,35). The van der Waals surface area contributed by atoms with Crippen molar-refractivity contribution in [1.29, 1.82) is 5.41 Å². The summed E-state index contributed by atoms with van der Waals surface area (Å²) in [7, 11) is 0. The van der Waals surface area contributed by atoms with Crippen molar-refractivity contribution in [3.63, 3.8) is 0 Å². The first-order valence-electron chi connectivity index (χ1n) is 12.6. The molecule has 0 radical (unpaired) electrons. The Bertz CT molecular complexity index is 1460. The zero-order chi connectivity index (χ0) is 27.0. The van der Waals surface area contributed by atoms with Crippen LogP contribution in [0.3, 0.4) is 0 Å². The molecule has 0 aliphatic carbocycles. The molecule has 1 aliphatic heterocycles. The van der Waals surface area contributed by atoms with E-state index in [1.54, 1.807) is 18.2 Å². The number of benzene rings is 2. The first kappa shape index (κ1) is 26.3. The molecule has 1 aliphatic rings. The van der Waals surface area contributed by atoms with Gasteiger partial charge < -0.3 is 20.4 Å². The number of H-pyrrole nitrogens is 1. The van der Waals surface area contributed by atoms with Gasteiger partial charge >= 0.3 is 0 Å². The van der Waals surface area contributed by atoms with Crippen LogP contribution in [0.4, 0.5) is 11.4 Å². The van der Waals surface area contributed by atoms with Crippen molar-refractivity contribution >= 4 is 51.3 Å². The lowest BCUT2D eigenvalue weighted by atomic mass is 10.1. The molecule has 1 fully saturated rings. The average molecular weight is 553 g/mol. The first-order valence-corrected chi connectivity index (χ1v) is 13.4. The van der Waals surface area contributed by atoms with Crippen LogP contribution in [0.25, 0.3) is 11.0 Å². The third-order valence-electron chi connectivity index (χ3n) is 7.02. The van der Waals surface area contributed by atoms with Crippen LogP contribution in [0.2, 0.25) is 10.0 Å². The van der Waals surface area contributed by atoms with Gasteiger partial charge in [-0.15, -0.1) is 0 Å². The van der Waals surface area contributed by atoms with E-state index >= 15 is 0 Å². The number of hydrogen-bond acceptors (Lipinski definition) is 7. The summed E-state index contributed by atoms with van der Waals surface area (Å²) in [5.74, 6) is 0.980. The van der Waals surface area contributed by atoms with Crippen molar-refractivity contribution in [3.8, 4) is 5.75 Å². The number of imidazole rings is 1. The van der Waals surface area contributed by atoms with Gasteiger partial charge in [0.2, 0.25) is 0 Å². The van der Waals surface area contributed by atoms with Crippen LogP contribution in [-0.4, -0.2) is 57.8 Å². The lowest BCUT2D eigenvalue weighted by Crippen LogP contribution is -2.48. The number of aromatic amines is 1. The van der Waals surface area contributed by atoms with Crippen LogP contribution in [-0.2, 0) is 0 Å². The second-order valence-electron chi connectivity index (χ2n) is 9.80. The molecule has 4 aromatic rings. The van der Waals surface area contributed by atoms with Gasteiger partial charge in [0.05, 0.1) is 21.1 Å². The zero-order valence-electron chi connectivity index (χ0n) is 21.6. The van der Waals surface area contributed by atoms with E-state index in [0.29, 0.717) is 44.5 Å². The van der Waals surface area contributed by atoms with E-state index in [9.17, 15) is 0 Å². The van der Waals surface area contributed by atoms with Crippen molar-refractivity contribution in [2.45, 2.75) is 32.9 Å². The molecule has 1 saturated heterocycles. The summed E-state index contributed by atoms with van der Waals surface area (Å²) in [4.78, 5) is 16.9. The van der Waals surface area contributed by atoms with Gasteiger partial charge in [0, 0.05) is 67.1 Å². The SMILES string of the molecule is CC(Oc1ccc(N)c(C(=N)c2nc3ccc(N4CCN(C(C)C)CC4)cc3[nH]2)c1)c1c(Cl)cncc1Cl. The number of rotatable bonds is 7. The lowest BCUT2D eigenvalue weighted by Gasteiger charge is -2.38. The molecule has 1 unspecified atom stereocenters. The number of nitrogens with one attached hydrogen (secondary N) is 2. The molecule has 38 heavy (non-hydrogen) atoms. The molecule has 0 spiro atoms. The van der Waals surface area contributed by atoms with Crippen molar-refractivity contribution in [2.75, 3.05) is 36.8 Å². The Morgan fingerprint density at radius 1 is 1.03 bits per heavy atom. The van der Waals surface area contributed by atoms with Crippen molar-refractivity contribution in [3.05, 3.63) is 75.8 Å². The molecule has 0 bridgehead atoms. The van der Waals surface area contributed by atoms with Gasteiger partial charge in [0.1, 0.15) is 17.6 Å². The minimum Gasteiger partial charge on any atom is -0.486 e. The van der Waals surface area contributed by atoms with E-state index in [1.807, 2.05) is 13.0 Å². The molecule has 4 N–H and O–H groups in total. The fourth-order valence-electron chi connectivity index (χ4n) is 4.83. The molecule has 2 aromatic carbocycles. The molecular formula is C28H31Cl2N7O. The summed E-state index contributed by atoms with van der Waals surface area (Å²) in [5, 5.41) is 9.73. The molecule has 2 aromatic heterocycles. The summed E-state index contributed by atoms with van der Waals surface area (Å²) >= 11 is 12.6. The van der Waals surface area contributed by atoms with Crippen LogP contribution in [0.15, 0.2) is 48.8 Å². The number of hydrogen-bond donors (Lipinski definition) is 3. The van der Waals surface area contributed by atoms with E-state index in [2.05, 4.69) is 50.7 Å². The molecule has 5 rings (SSSR count). The van der Waals surface area contributed by atoms with E-state index in [0.717, 1.165) is 42.9 Å². The van der Waals surface area contributed by atoms with Crippen LogP contribution >= 0.6 is 23.2 Å². The Kier molecular flexibility index (Phi) is 7.47. The van der Waals surface area contributed by atoms with Crippen molar-refractivity contribution in [2.24, 2.45) is 0 Å². The van der Waals surface area contributed by atoms with Gasteiger partial charge in [-0.25, -0.2) is 4.98 Å². The van der Waals surface area contributed by atoms with Crippen LogP contribution < -0.4 is 15.4 Å². The van der Waals surface area contributed by atoms with Gasteiger partial charge in [0.25, 0.3) is 0 Å². The summed E-state index contributed by atoms with van der Waals surface area (Å²) in [6.45, 7) is 10.4. The Morgan fingerprint density at radius 3 is 2.42 bits per heavy atom. The van der Waals surface area contributed by atoms with Gasteiger partial charge in [-0.1, -0.05) is 23.2 Å². The summed E-state index contributed by atoms with van der Waals surface area (Å²) in [6, 6.07) is 12.0. The highest BCUT2D eigenvalue weighted by Crippen LogP contribution is 2.33. The summed E-state index contributed by atoms with van der Waals surface area (Å²) < 4.78 is 6.12. The van der Waals surface area contributed by atoms with Gasteiger partial charge in [-0.05, 0) is 57.2 Å². The lowest BCUT2D eigenvalue weighted by molar-refractivity contribution is 0.209. The largest absolute Gasteiger partial charge is 0.486 e. The molecule has 1 atom stereocenters. The van der Waals surface area contributed by atoms with E-state index in [1.165, 1.54) is 12.4 Å². The number of aromatic nitrogens is 3. The second kappa shape index (κ2) is 10.8. The van der Waals surface area contributed by atoms with Crippen LogP contribution in [0.5, 0.6) is 5.75 Å². The number of nitrogens with two attached hydrogens (primary N) is 1. The first-order chi connectivity index (χ1) is 18.2. The highest BCUT2D eigenvalue weighted by molar-refractivity contribution is 6.35. The number of halogens is 2. The monoisotopic (exact) mass is 551 g/mol. The third kappa shape index (κ3) is 5.29. The predicted octanol–water partition coefficient (Wildman–Crippen LogP) is 5.93. The highest BCUT2D eigenvalue weighted by atomic mass is 35.5. The molecule has 3 heterocycles. The Balaban J connectivity index is 1.36. The number of fused-ring (bicyclic) bond motifs is 1. The Labute approximate surface area is 232 Å². The maximum atomic E-state index is 8.87. The Morgan fingerprint density at radius 2 is 1.74 bits per heavy atom. The van der Waals surface area contributed by atoms with Crippen molar-refractivity contribution < 1.29 is 4.74 Å². The highest BCUT2D eigenvalue weighted by Gasteiger charge is 2.21. The number of nitrogens with zero attached hydrogens (tertiary/aromatic N) is 4. The van der Waals surface area contributed by atoms with Gasteiger partial charge in [0.15, 0.2) is 5.82 Å². The molecule has 198 valence electrons. The quantitative estimate of drug-likeness (QED) is 0.194. The predicted molar refractivity (Wildman–Crippen MR) is 155 cm³/mol. The smallest absolute Gasteiger partial charge is 0.157 e. The summed E-state index contributed by atoms with van der Waals surface area (Å²) in [6.07, 6.45) is 2.63. The number of nitrogen functional groups attached to an aromatic ring is 1. The molecule has 10 heteroatoms. The zero-order valence-corrected chi connectivity index (χ0v) is 23.1. The van der Waals surface area contributed by atoms with E-state index in [4.69, 9.17) is 39.1 Å². The van der Waals surface area contributed by atoms with Gasteiger partial charge in [-0.3, -0.25) is 15.3 Å². The third-order valence-corrected chi connectivity index (χ3v) is 7.62.